The Morgan fingerprint density at radius 2 is 2.24 bits per heavy atom. The molecule has 2 aromatic rings. The minimum atomic E-state index is 0.0939. The minimum absolute atomic E-state index is 0.0939. The van der Waals surface area contributed by atoms with Crippen molar-refractivity contribution in [2.75, 3.05) is 0 Å². The maximum absolute atomic E-state index is 6.28. The summed E-state index contributed by atoms with van der Waals surface area (Å²) in [4.78, 5) is 0. The van der Waals surface area contributed by atoms with Gasteiger partial charge in [-0.3, -0.25) is 0 Å². The predicted octanol–water partition coefficient (Wildman–Crippen LogP) is 3.16. The van der Waals surface area contributed by atoms with E-state index in [2.05, 4.69) is 25.0 Å². The third kappa shape index (κ3) is 2.67. The van der Waals surface area contributed by atoms with E-state index in [1.807, 2.05) is 29.0 Å². The number of rotatable bonds is 5. The molecule has 0 aliphatic heterocycles. The molecule has 17 heavy (non-hydrogen) atoms. The van der Waals surface area contributed by atoms with Crippen LogP contribution in [-0.2, 0) is 0 Å². The van der Waals surface area contributed by atoms with Gasteiger partial charge in [-0.25, -0.2) is 4.52 Å². The average molecular weight is 231 g/mol. The summed E-state index contributed by atoms with van der Waals surface area (Å²) in [6, 6.07) is 6.18. The Morgan fingerprint density at radius 3 is 3.00 bits per heavy atom. The first-order chi connectivity index (χ1) is 8.22. The number of nitrogens with two attached hydrogens (primary N) is 1. The van der Waals surface area contributed by atoms with Gasteiger partial charge in [-0.1, -0.05) is 32.8 Å². The smallest absolute Gasteiger partial charge is 0.0709 e. The molecule has 0 saturated carbocycles. The topological polar surface area (TPSA) is 43.3 Å². The number of aromatic nitrogens is 2. The van der Waals surface area contributed by atoms with E-state index in [1.54, 1.807) is 0 Å². The van der Waals surface area contributed by atoms with Crippen LogP contribution in [-0.4, -0.2) is 9.61 Å². The van der Waals surface area contributed by atoms with Crippen LogP contribution >= 0.6 is 0 Å². The maximum Gasteiger partial charge on any atom is 0.0709 e. The van der Waals surface area contributed by atoms with E-state index in [0.29, 0.717) is 5.92 Å². The molecular weight excluding hydrogens is 210 g/mol. The van der Waals surface area contributed by atoms with Gasteiger partial charge in [0.1, 0.15) is 0 Å². The van der Waals surface area contributed by atoms with E-state index in [-0.39, 0.29) is 6.04 Å². The van der Waals surface area contributed by atoms with Gasteiger partial charge < -0.3 is 5.73 Å². The van der Waals surface area contributed by atoms with E-state index >= 15 is 0 Å². The fourth-order valence-electron chi connectivity index (χ4n) is 2.41. The Bertz CT molecular complexity index is 475. The molecule has 92 valence electrons. The number of hydrogen-bond donors (Lipinski definition) is 1. The number of hydrogen-bond acceptors (Lipinski definition) is 2. The predicted molar refractivity (Wildman–Crippen MR) is 70.8 cm³/mol. The highest BCUT2D eigenvalue weighted by atomic mass is 15.2. The van der Waals surface area contributed by atoms with Crippen LogP contribution in [0, 0.1) is 5.92 Å². The van der Waals surface area contributed by atoms with Crippen LogP contribution < -0.4 is 5.73 Å². The third-order valence-electron chi connectivity index (χ3n) is 3.29. The third-order valence-corrected chi connectivity index (χ3v) is 3.29. The second-order valence-corrected chi connectivity index (χ2v) is 4.87. The molecule has 3 nitrogen and oxygen atoms in total. The summed E-state index contributed by atoms with van der Waals surface area (Å²) in [5.41, 5.74) is 8.57. The van der Waals surface area contributed by atoms with E-state index in [0.717, 1.165) is 17.5 Å². The molecule has 0 aromatic carbocycles. The minimum Gasteiger partial charge on any atom is -0.324 e. The van der Waals surface area contributed by atoms with Crippen LogP contribution in [0.3, 0.4) is 0 Å². The van der Waals surface area contributed by atoms with Gasteiger partial charge in [0.15, 0.2) is 0 Å². The van der Waals surface area contributed by atoms with Crippen molar-refractivity contribution in [3.63, 3.8) is 0 Å². The normalized spacial score (nSPS) is 15.0. The van der Waals surface area contributed by atoms with E-state index in [1.165, 1.54) is 12.8 Å². The zero-order valence-corrected chi connectivity index (χ0v) is 10.6. The lowest BCUT2D eigenvalue weighted by molar-refractivity contribution is 0.441. The van der Waals surface area contributed by atoms with Crippen LogP contribution in [0.4, 0.5) is 0 Å². The Labute approximate surface area is 103 Å². The molecule has 0 saturated heterocycles. The van der Waals surface area contributed by atoms with Crippen molar-refractivity contribution in [2.45, 2.75) is 39.2 Å². The monoisotopic (exact) mass is 231 g/mol. The first-order valence-corrected chi connectivity index (χ1v) is 6.40. The Hall–Kier alpha value is -1.35. The number of pyridine rings is 1. The summed E-state index contributed by atoms with van der Waals surface area (Å²) in [5.74, 6) is 0.675. The highest BCUT2D eigenvalue weighted by Gasteiger charge is 2.14. The summed E-state index contributed by atoms with van der Waals surface area (Å²) in [7, 11) is 0. The lowest BCUT2D eigenvalue weighted by atomic mass is 9.94. The summed E-state index contributed by atoms with van der Waals surface area (Å²) in [6.45, 7) is 4.49. The van der Waals surface area contributed by atoms with Crippen molar-refractivity contribution in [3.05, 3.63) is 36.2 Å². The largest absolute Gasteiger partial charge is 0.324 e. The molecule has 0 aliphatic carbocycles. The molecule has 0 spiro atoms. The van der Waals surface area contributed by atoms with Gasteiger partial charge >= 0.3 is 0 Å². The van der Waals surface area contributed by atoms with Crippen molar-refractivity contribution < 1.29 is 0 Å². The van der Waals surface area contributed by atoms with Gasteiger partial charge in [-0.05, 0) is 24.5 Å². The summed E-state index contributed by atoms with van der Waals surface area (Å²) in [6.07, 6.45) is 7.36. The first kappa shape index (κ1) is 12.1. The lowest BCUT2D eigenvalue weighted by Gasteiger charge is -2.15. The fourth-order valence-corrected chi connectivity index (χ4v) is 2.41. The highest BCUT2D eigenvalue weighted by Crippen LogP contribution is 2.24. The van der Waals surface area contributed by atoms with Crippen molar-refractivity contribution in [2.24, 2.45) is 11.7 Å². The molecule has 3 heteroatoms. The highest BCUT2D eigenvalue weighted by molar-refractivity contribution is 5.54. The molecular formula is C14H21N3. The molecule has 2 rings (SSSR count). The molecule has 0 fully saturated rings. The summed E-state index contributed by atoms with van der Waals surface area (Å²) < 4.78 is 1.89. The quantitative estimate of drug-likeness (QED) is 0.859. The van der Waals surface area contributed by atoms with E-state index in [9.17, 15) is 0 Å². The van der Waals surface area contributed by atoms with Crippen LogP contribution in [0.15, 0.2) is 30.6 Å². The molecule has 0 bridgehead atoms. The molecule has 2 atom stereocenters. The average Bonchev–Trinajstić information content (AvgIpc) is 2.72. The van der Waals surface area contributed by atoms with E-state index < -0.39 is 0 Å². The second kappa shape index (κ2) is 5.32. The number of nitrogens with zero attached hydrogens (tertiary/aromatic N) is 2. The molecule has 0 radical (unpaired) electrons. The van der Waals surface area contributed by atoms with Gasteiger partial charge in [0.2, 0.25) is 0 Å². The van der Waals surface area contributed by atoms with Crippen LogP contribution in [0.2, 0.25) is 0 Å². The molecule has 0 amide bonds. The van der Waals surface area contributed by atoms with Crippen LogP contribution in [0.5, 0.6) is 0 Å². The van der Waals surface area contributed by atoms with Crippen molar-refractivity contribution in [1.82, 2.24) is 9.61 Å². The Kier molecular flexibility index (Phi) is 3.79. The van der Waals surface area contributed by atoms with Gasteiger partial charge in [0.25, 0.3) is 0 Å². The molecule has 2 heterocycles. The van der Waals surface area contributed by atoms with Crippen LogP contribution in [0.1, 0.15) is 44.7 Å². The molecule has 0 aliphatic rings. The molecule has 2 unspecified atom stereocenters. The zero-order valence-electron chi connectivity index (χ0n) is 10.6. The van der Waals surface area contributed by atoms with Gasteiger partial charge in [-0.15, -0.1) is 0 Å². The molecule has 2 aromatic heterocycles. The van der Waals surface area contributed by atoms with Gasteiger partial charge in [0, 0.05) is 17.8 Å². The maximum atomic E-state index is 6.28. The van der Waals surface area contributed by atoms with Gasteiger partial charge in [-0.2, -0.15) is 5.10 Å². The Balaban J connectivity index is 2.16. The number of fused-ring (bicyclic) bond motifs is 1. The zero-order chi connectivity index (χ0) is 12.3. The van der Waals surface area contributed by atoms with Crippen molar-refractivity contribution in [1.29, 1.82) is 0 Å². The van der Waals surface area contributed by atoms with Gasteiger partial charge in [0.05, 0.1) is 11.7 Å². The summed E-state index contributed by atoms with van der Waals surface area (Å²) >= 11 is 0. The summed E-state index contributed by atoms with van der Waals surface area (Å²) in [5, 5.41) is 4.33. The second-order valence-electron chi connectivity index (χ2n) is 4.87. The van der Waals surface area contributed by atoms with Crippen molar-refractivity contribution in [3.8, 4) is 0 Å². The van der Waals surface area contributed by atoms with Crippen molar-refractivity contribution >= 4 is 5.52 Å². The lowest BCUT2D eigenvalue weighted by Crippen LogP contribution is -2.13. The standard InChI is InChI=1S/C14H21N3/c1-3-6-11(2)9-13(15)12-10-16-17-8-5-4-7-14(12)17/h4-5,7-8,10-11,13H,3,6,9,15H2,1-2H3. The van der Waals surface area contributed by atoms with Crippen LogP contribution in [0.25, 0.3) is 5.52 Å². The first-order valence-electron chi connectivity index (χ1n) is 6.40. The fraction of sp³-hybridized carbons (Fsp3) is 0.500. The molecule has 2 N–H and O–H groups in total. The SMILES string of the molecule is CCCC(C)CC(N)c1cnn2ccccc12. The Morgan fingerprint density at radius 1 is 1.41 bits per heavy atom. The van der Waals surface area contributed by atoms with E-state index in [4.69, 9.17) is 5.73 Å².